The maximum atomic E-state index is 13.1. The van der Waals surface area contributed by atoms with E-state index in [4.69, 9.17) is 35.4 Å². The molecule has 29 heavy (non-hydrogen) atoms. The van der Waals surface area contributed by atoms with Gasteiger partial charge in [0.25, 0.3) is 5.78 Å². The SMILES string of the molecule is COC(=O)C(=O)[C@@H]1[C@@H](c2ccc(Cl)cc2)NC(=S)N(C)[C@@]1(O)c1ccc(Cl)cc1. The molecule has 1 aliphatic rings. The lowest BCUT2D eigenvalue weighted by atomic mass is 9.75. The van der Waals surface area contributed by atoms with Crippen LogP contribution in [0.2, 0.25) is 10.0 Å². The van der Waals surface area contributed by atoms with Gasteiger partial charge in [-0.25, -0.2) is 4.79 Å². The van der Waals surface area contributed by atoms with Crippen molar-refractivity contribution in [2.24, 2.45) is 5.92 Å². The minimum atomic E-state index is -1.93. The van der Waals surface area contributed by atoms with Crippen molar-refractivity contribution in [1.29, 1.82) is 0 Å². The zero-order valence-electron chi connectivity index (χ0n) is 15.6. The maximum Gasteiger partial charge on any atom is 0.374 e. The van der Waals surface area contributed by atoms with Gasteiger partial charge < -0.3 is 20.1 Å². The highest BCUT2D eigenvalue weighted by atomic mass is 35.5. The van der Waals surface area contributed by atoms with Crippen molar-refractivity contribution >= 4 is 52.3 Å². The van der Waals surface area contributed by atoms with Gasteiger partial charge >= 0.3 is 5.97 Å². The smallest absolute Gasteiger partial charge is 0.374 e. The Morgan fingerprint density at radius 1 is 1.10 bits per heavy atom. The Labute approximate surface area is 183 Å². The van der Waals surface area contributed by atoms with Gasteiger partial charge in [-0.05, 0) is 42.0 Å². The van der Waals surface area contributed by atoms with E-state index in [1.807, 2.05) is 0 Å². The second-order valence-corrected chi connectivity index (χ2v) is 7.86. The van der Waals surface area contributed by atoms with Gasteiger partial charge in [-0.2, -0.15) is 0 Å². The average Bonchev–Trinajstić information content (AvgIpc) is 2.71. The molecule has 0 bridgehead atoms. The number of methoxy groups -OCH3 is 1. The van der Waals surface area contributed by atoms with Gasteiger partial charge in [-0.15, -0.1) is 0 Å². The molecule has 3 rings (SSSR count). The van der Waals surface area contributed by atoms with Gasteiger partial charge in [0.15, 0.2) is 10.8 Å². The van der Waals surface area contributed by atoms with Crippen LogP contribution >= 0.6 is 35.4 Å². The number of aliphatic hydroxyl groups is 1. The van der Waals surface area contributed by atoms with Crippen molar-refractivity contribution in [2.45, 2.75) is 11.8 Å². The Hall–Kier alpha value is -2.19. The van der Waals surface area contributed by atoms with Crippen LogP contribution in [0, 0.1) is 5.92 Å². The Bertz CT molecular complexity index is 952. The number of esters is 1. The number of carbonyl (C=O) groups is 2. The van der Waals surface area contributed by atoms with Crippen LogP contribution in [-0.2, 0) is 20.1 Å². The molecule has 3 atom stereocenters. The summed E-state index contributed by atoms with van der Waals surface area (Å²) in [6.45, 7) is 0. The van der Waals surface area contributed by atoms with Crippen molar-refractivity contribution in [3.63, 3.8) is 0 Å². The second-order valence-electron chi connectivity index (χ2n) is 6.60. The lowest BCUT2D eigenvalue weighted by Crippen LogP contribution is -2.66. The van der Waals surface area contributed by atoms with E-state index in [0.717, 1.165) is 7.11 Å². The van der Waals surface area contributed by atoms with Crippen molar-refractivity contribution in [2.75, 3.05) is 14.2 Å². The fraction of sp³-hybridized carbons (Fsp3) is 0.250. The van der Waals surface area contributed by atoms with Crippen LogP contribution in [0.15, 0.2) is 48.5 Å². The maximum absolute atomic E-state index is 13.1. The third kappa shape index (κ3) is 3.83. The lowest BCUT2D eigenvalue weighted by Gasteiger charge is -2.51. The average molecular weight is 453 g/mol. The number of nitrogens with zero attached hydrogens (tertiary/aromatic N) is 1. The fourth-order valence-corrected chi connectivity index (χ4v) is 4.00. The summed E-state index contributed by atoms with van der Waals surface area (Å²) in [6.07, 6.45) is 0. The Morgan fingerprint density at radius 3 is 2.14 bits per heavy atom. The molecule has 9 heteroatoms. The molecule has 0 radical (unpaired) electrons. The molecule has 1 fully saturated rings. The zero-order chi connectivity index (χ0) is 21.3. The molecular weight excluding hydrogens is 435 g/mol. The molecule has 0 unspecified atom stereocenters. The molecule has 152 valence electrons. The normalized spacial score (nSPS) is 24.0. The molecule has 0 aliphatic carbocycles. The Kier molecular flexibility index (Phi) is 6.14. The van der Waals surface area contributed by atoms with Crippen LogP contribution < -0.4 is 5.32 Å². The highest BCUT2D eigenvalue weighted by Crippen LogP contribution is 2.44. The van der Waals surface area contributed by atoms with Crippen LogP contribution in [0.25, 0.3) is 0 Å². The van der Waals surface area contributed by atoms with E-state index in [-0.39, 0.29) is 5.11 Å². The minimum absolute atomic E-state index is 0.205. The van der Waals surface area contributed by atoms with Gasteiger partial charge in [0.1, 0.15) is 5.92 Å². The van der Waals surface area contributed by atoms with Crippen molar-refractivity contribution in [1.82, 2.24) is 10.2 Å². The third-order valence-electron chi connectivity index (χ3n) is 5.03. The van der Waals surface area contributed by atoms with Crippen LogP contribution in [0.4, 0.5) is 0 Å². The van der Waals surface area contributed by atoms with E-state index in [1.54, 1.807) is 55.6 Å². The fourth-order valence-electron chi connectivity index (χ4n) is 3.49. The number of hydrogen-bond donors (Lipinski definition) is 2. The van der Waals surface area contributed by atoms with E-state index < -0.39 is 29.4 Å². The van der Waals surface area contributed by atoms with Gasteiger partial charge in [0, 0.05) is 22.7 Å². The number of carbonyl (C=O) groups excluding carboxylic acids is 2. The minimum Gasteiger partial charge on any atom is -0.463 e. The van der Waals surface area contributed by atoms with Gasteiger partial charge in [-0.3, -0.25) is 4.79 Å². The summed E-state index contributed by atoms with van der Waals surface area (Å²) in [5.41, 5.74) is -0.948. The van der Waals surface area contributed by atoms with Crippen LogP contribution in [-0.4, -0.2) is 41.0 Å². The molecule has 2 N–H and O–H groups in total. The first-order valence-corrected chi connectivity index (χ1v) is 9.77. The number of ether oxygens (including phenoxy) is 1. The second kappa shape index (κ2) is 8.28. The number of ketones is 1. The highest BCUT2D eigenvalue weighted by molar-refractivity contribution is 7.80. The van der Waals surface area contributed by atoms with E-state index in [0.29, 0.717) is 21.2 Å². The molecule has 2 aromatic carbocycles. The Balaban J connectivity index is 2.22. The molecule has 6 nitrogen and oxygen atoms in total. The van der Waals surface area contributed by atoms with Crippen molar-refractivity contribution < 1.29 is 19.4 Å². The van der Waals surface area contributed by atoms with Crippen LogP contribution in [0.5, 0.6) is 0 Å². The van der Waals surface area contributed by atoms with Crippen LogP contribution in [0.3, 0.4) is 0 Å². The highest BCUT2D eigenvalue weighted by Gasteiger charge is 2.56. The predicted molar refractivity (Wildman–Crippen MR) is 114 cm³/mol. The molecule has 1 heterocycles. The topological polar surface area (TPSA) is 78.9 Å². The van der Waals surface area contributed by atoms with Crippen molar-refractivity contribution in [3.8, 4) is 0 Å². The first-order valence-electron chi connectivity index (χ1n) is 8.60. The quantitative estimate of drug-likeness (QED) is 0.419. The van der Waals surface area contributed by atoms with E-state index in [1.165, 1.54) is 4.90 Å². The molecule has 0 spiro atoms. The van der Waals surface area contributed by atoms with Gasteiger partial charge in [0.05, 0.1) is 13.2 Å². The number of halogens is 2. The van der Waals surface area contributed by atoms with E-state index >= 15 is 0 Å². The summed E-state index contributed by atoms with van der Waals surface area (Å²) >= 11 is 17.4. The van der Waals surface area contributed by atoms with Crippen molar-refractivity contribution in [3.05, 3.63) is 69.7 Å². The molecule has 1 aliphatic heterocycles. The number of rotatable bonds is 4. The predicted octanol–water partition coefficient (Wildman–Crippen LogP) is 3.06. The van der Waals surface area contributed by atoms with E-state index in [2.05, 4.69) is 10.1 Å². The molecule has 0 aromatic heterocycles. The largest absolute Gasteiger partial charge is 0.463 e. The first kappa shape index (κ1) is 21.5. The number of Topliss-reactive ketones (excluding diaryl/α,β-unsaturated/α-hetero) is 1. The summed E-state index contributed by atoms with van der Waals surface area (Å²) in [6, 6.07) is 12.3. The van der Waals surface area contributed by atoms with Crippen LogP contribution in [0.1, 0.15) is 17.2 Å². The standard InChI is InChI=1S/C20H18Cl2N2O4S/c1-24-19(29)23-16(11-3-7-13(21)8-4-11)15(17(25)18(26)28-2)20(24,27)12-5-9-14(22)10-6-12/h3-10,15-16,27H,1-2H3,(H,23,29)/t15-,16+,20+/m0/s1. The monoisotopic (exact) mass is 452 g/mol. The summed E-state index contributed by atoms with van der Waals surface area (Å²) in [5, 5.41) is 16.1. The first-order chi connectivity index (χ1) is 13.7. The number of thiocarbonyl (C=S) groups is 1. The molecule has 0 saturated carbocycles. The number of benzene rings is 2. The molecule has 1 saturated heterocycles. The van der Waals surface area contributed by atoms with E-state index in [9.17, 15) is 14.7 Å². The summed E-state index contributed by atoms with van der Waals surface area (Å²) in [4.78, 5) is 26.6. The number of nitrogens with one attached hydrogen (secondary N) is 1. The van der Waals surface area contributed by atoms with Gasteiger partial charge in [-0.1, -0.05) is 47.5 Å². The summed E-state index contributed by atoms with van der Waals surface area (Å²) in [7, 11) is 2.66. The zero-order valence-corrected chi connectivity index (χ0v) is 17.9. The molecule has 0 amide bonds. The third-order valence-corrected chi connectivity index (χ3v) is 5.92. The number of hydrogen-bond acceptors (Lipinski definition) is 5. The summed E-state index contributed by atoms with van der Waals surface area (Å²) in [5.74, 6) is -3.23. The lowest BCUT2D eigenvalue weighted by molar-refractivity contribution is -0.173. The molecule has 2 aromatic rings. The van der Waals surface area contributed by atoms with Gasteiger partial charge in [0.2, 0.25) is 0 Å². The summed E-state index contributed by atoms with van der Waals surface area (Å²) < 4.78 is 4.66. The molecular formula is C20H18Cl2N2O4S. The Morgan fingerprint density at radius 2 is 1.62 bits per heavy atom.